The molecule has 0 N–H and O–H groups in total. The number of nitrogens with zero attached hydrogens (tertiary/aromatic N) is 3. The van der Waals surface area contributed by atoms with Gasteiger partial charge in [0.15, 0.2) is 6.61 Å². The molecule has 9 heteroatoms. The van der Waals surface area contributed by atoms with Gasteiger partial charge in [0.2, 0.25) is 0 Å². The summed E-state index contributed by atoms with van der Waals surface area (Å²) in [4.78, 5) is 23.1. The van der Waals surface area contributed by atoms with E-state index in [1.54, 1.807) is 24.3 Å². The molecule has 21 heavy (non-hydrogen) atoms. The third-order valence-electron chi connectivity index (χ3n) is 2.55. The highest BCUT2D eigenvalue weighted by molar-refractivity contribution is 5.76. The molecule has 2 rings (SSSR count). The lowest BCUT2D eigenvalue weighted by atomic mass is 10.2. The third-order valence-corrected chi connectivity index (χ3v) is 2.55. The second kappa shape index (κ2) is 5.90. The fourth-order valence-corrected chi connectivity index (χ4v) is 1.60. The van der Waals surface area contributed by atoms with E-state index in [0.29, 0.717) is 10.9 Å². The van der Waals surface area contributed by atoms with Gasteiger partial charge in [-0.3, -0.25) is 9.59 Å². The Balaban J connectivity index is 2.02. The van der Waals surface area contributed by atoms with Crippen LogP contribution in [0.1, 0.15) is 6.42 Å². The van der Waals surface area contributed by atoms with Crippen molar-refractivity contribution in [2.75, 3.05) is 6.61 Å². The number of hydrogen-bond donors (Lipinski definition) is 0. The van der Waals surface area contributed by atoms with Crippen molar-refractivity contribution in [2.24, 2.45) is 0 Å². The van der Waals surface area contributed by atoms with E-state index in [4.69, 9.17) is 0 Å². The van der Waals surface area contributed by atoms with Crippen molar-refractivity contribution in [3.8, 4) is 0 Å². The highest BCUT2D eigenvalue weighted by atomic mass is 19.4. The number of esters is 1. The molecular weight excluding hydrogens is 291 g/mol. The van der Waals surface area contributed by atoms with E-state index in [0.717, 1.165) is 4.68 Å². The van der Waals surface area contributed by atoms with Gasteiger partial charge in [0.1, 0.15) is 5.52 Å². The van der Waals surface area contributed by atoms with Crippen LogP contribution in [-0.2, 0) is 16.1 Å². The van der Waals surface area contributed by atoms with Crippen LogP contribution in [-0.4, -0.2) is 33.7 Å². The van der Waals surface area contributed by atoms with Crippen LogP contribution < -0.4 is 5.56 Å². The average molecular weight is 301 g/mol. The van der Waals surface area contributed by atoms with Crippen LogP contribution in [0.4, 0.5) is 13.2 Å². The van der Waals surface area contributed by atoms with Crippen molar-refractivity contribution in [3.63, 3.8) is 0 Å². The average Bonchev–Trinajstić information content (AvgIpc) is 2.44. The van der Waals surface area contributed by atoms with Crippen LogP contribution in [0.3, 0.4) is 0 Å². The molecule has 0 fully saturated rings. The number of alkyl halides is 3. The number of benzene rings is 1. The van der Waals surface area contributed by atoms with Gasteiger partial charge in [0.05, 0.1) is 18.4 Å². The first-order chi connectivity index (χ1) is 9.87. The van der Waals surface area contributed by atoms with Crippen molar-refractivity contribution in [3.05, 3.63) is 34.6 Å². The summed E-state index contributed by atoms with van der Waals surface area (Å²) in [6.07, 6.45) is -4.97. The summed E-state index contributed by atoms with van der Waals surface area (Å²) in [5.41, 5.74) is -0.0670. The molecule has 1 aromatic carbocycles. The Bertz CT molecular complexity index is 712. The van der Waals surface area contributed by atoms with E-state index < -0.39 is 30.7 Å². The first-order valence-electron chi connectivity index (χ1n) is 5.92. The summed E-state index contributed by atoms with van der Waals surface area (Å²) < 4.78 is 40.5. The number of fused-ring (bicyclic) bond motifs is 1. The molecule has 0 atom stereocenters. The van der Waals surface area contributed by atoms with E-state index in [2.05, 4.69) is 15.0 Å². The zero-order valence-electron chi connectivity index (χ0n) is 10.6. The third kappa shape index (κ3) is 4.01. The normalized spacial score (nSPS) is 11.6. The van der Waals surface area contributed by atoms with Crippen LogP contribution in [0.2, 0.25) is 0 Å². The summed E-state index contributed by atoms with van der Waals surface area (Å²) in [6.45, 7) is -1.85. The largest absolute Gasteiger partial charge is 0.456 e. The van der Waals surface area contributed by atoms with E-state index in [-0.39, 0.29) is 6.54 Å². The maximum Gasteiger partial charge on any atom is 0.422 e. The molecule has 0 bridgehead atoms. The molecule has 1 aromatic heterocycles. The van der Waals surface area contributed by atoms with E-state index >= 15 is 0 Å². The van der Waals surface area contributed by atoms with Crippen molar-refractivity contribution in [1.29, 1.82) is 0 Å². The standard InChI is InChI=1S/C12H10F3N3O3/c13-12(14,15)7-21-10(19)5-6-18-11(20)8-3-1-2-4-9(8)16-17-18/h1-4H,5-7H2. The van der Waals surface area contributed by atoms with Crippen molar-refractivity contribution in [1.82, 2.24) is 15.0 Å². The number of aryl methyl sites for hydroxylation is 1. The molecule has 6 nitrogen and oxygen atoms in total. The van der Waals surface area contributed by atoms with Crippen molar-refractivity contribution < 1.29 is 22.7 Å². The predicted molar refractivity (Wildman–Crippen MR) is 65.4 cm³/mol. The molecule has 0 unspecified atom stereocenters. The highest BCUT2D eigenvalue weighted by Gasteiger charge is 2.29. The molecule has 0 aliphatic heterocycles. The minimum absolute atomic E-state index is 0.201. The van der Waals surface area contributed by atoms with Gasteiger partial charge in [-0.2, -0.15) is 13.2 Å². The first kappa shape index (κ1) is 14.9. The Hall–Kier alpha value is -2.45. The zero-order valence-corrected chi connectivity index (χ0v) is 10.6. The Kier molecular flexibility index (Phi) is 4.20. The molecule has 0 amide bonds. The maximum atomic E-state index is 12.0. The SMILES string of the molecule is O=C(CCn1nnc2ccccc2c1=O)OCC(F)(F)F. The molecule has 0 saturated carbocycles. The second-order valence-corrected chi connectivity index (χ2v) is 4.16. The second-order valence-electron chi connectivity index (χ2n) is 4.16. The quantitative estimate of drug-likeness (QED) is 0.795. The Morgan fingerprint density at radius 2 is 2.00 bits per heavy atom. The molecule has 0 radical (unpaired) electrons. The molecule has 0 spiro atoms. The van der Waals surface area contributed by atoms with Gasteiger partial charge in [0, 0.05) is 0 Å². The minimum atomic E-state index is -4.57. The first-order valence-corrected chi connectivity index (χ1v) is 5.92. The number of halogens is 3. The van der Waals surface area contributed by atoms with Crippen LogP contribution in [0, 0.1) is 0 Å². The van der Waals surface area contributed by atoms with Crippen molar-refractivity contribution in [2.45, 2.75) is 19.1 Å². The van der Waals surface area contributed by atoms with Crippen LogP contribution in [0.5, 0.6) is 0 Å². The lowest BCUT2D eigenvalue weighted by Crippen LogP contribution is -2.26. The van der Waals surface area contributed by atoms with Crippen LogP contribution in [0.25, 0.3) is 10.9 Å². The maximum absolute atomic E-state index is 12.0. The molecule has 2 aromatic rings. The number of ether oxygens (including phenoxy) is 1. The number of carbonyl (C=O) groups is 1. The molecular formula is C12H10F3N3O3. The molecule has 1 heterocycles. The zero-order chi connectivity index (χ0) is 15.5. The van der Waals surface area contributed by atoms with Crippen LogP contribution >= 0.6 is 0 Å². The van der Waals surface area contributed by atoms with Gasteiger partial charge in [-0.15, -0.1) is 5.10 Å². The van der Waals surface area contributed by atoms with E-state index in [1.165, 1.54) is 0 Å². The predicted octanol–water partition coefficient (Wildman–Crippen LogP) is 1.29. The summed E-state index contributed by atoms with van der Waals surface area (Å²) in [5, 5.41) is 7.71. The topological polar surface area (TPSA) is 74.1 Å². The molecule has 0 saturated heterocycles. The Morgan fingerprint density at radius 3 is 2.71 bits per heavy atom. The summed E-state index contributed by atoms with van der Waals surface area (Å²) >= 11 is 0. The Morgan fingerprint density at radius 1 is 1.29 bits per heavy atom. The minimum Gasteiger partial charge on any atom is -0.456 e. The number of carbonyl (C=O) groups excluding carboxylic acids is 1. The summed E-state index contributed by atoms with van der Waals surface area (Å²) in [5.74, 6) is -1.06. The number of hydrogen-bond acceptors (Lipinski definition) is 5. The monoisotopic (exact) mass is 301 g/mol. The van der Waals surface area contributed by atoms with Gasteiger partial charge in [-0.05, 0) is 12.1 Å². The summed E-state index contributed by atoms with van der Waals surface area (Å²) in [6, 6.07) is 6.49. The van der Waals surface area contributed by atoms with E-state index in [1.807, 2.05) is 0 Å². The van der Waals surface area contributed by atoms with E-state index in [9.17, 15) is 22.8 Å². The smallest absolute Gasteiger partial charge is 0.422 e. The van der Waals surface area contributed by atoms with Gasteiger partial charge in [-0.25, -0.2) is 4.68 Å². The molecule has 112 valence electrons. The number of aromatic nitrogens is 3. The molecule has 0 aliphatic carbocycles. The van der Waals surface area contributed by atoms with Gasteiger partial charge in [-0.1, -0.05) is 17.3 Å². The van der Waals surface area contributed by atoms with Crippen LogP contribution in [0.15, 0.2) is 29.1 Å². The lowest BCUT2D eigenvalue weighted by Gasteiger charge is -2.08. The summed E-state index contributed by atoms with van der Waals surface area (Å²) in [7, 11) is 0. The van der Waals surface area contributed by atoms with Gasteiger partial charge in [0.25, 0.3) is 5.56 Å². The Labute approximate surface area is 116 Å². The lowest BCUT2D eigenvalue weighted by molar-refractivity contribution is -0.186. The van der Waals surface area contributed by atoms with Crippen molar-refractivity contribution >= 4 is 16.9 Å². The fourth-order valence-electron chi connectivity index (χ4n) is 1.60. The molecule has 0 aliphatic rings. The fraction of sp³-hybridized carbons (Fsp3) is 0.333. The highest BCUT2D eigenvalue weighted by Crippen LogP contribution is 2.14. The number of rotatable bonds is 4. The van der Waals surface area contributed by atoms with Gasteiger partial charge < -0.3 is 4.74 Å². The van der Waals surface area contributed by atoms with Gasteiger partial charge >= 0.3 is 12.1 Å².